The number of hydrogen-bond donors (Lipinski definition) is 2. The number of alkyl halides is 3. The first kappa shape index (κ1) is 27.3. The number of fused-ring (bicyclic) bond motifs is 1. The molecule has 1 aromatic heterocycles. The number of nitriles is 1. The van der Waals surface area contributed by atoms with Crippen LogP contribution in [0.25, 0.3) is 6.08 Å². The highest BCUT2D eigenvalue weighted by molar-refractivity contribution is 5.92. The normalized spacial score (nSPS) is 15.8. The highest BCUT2D eigenvalue weighted by Gasteiger charge is 2.40. The van der Waals surface area contributed by atoms with Gasteiger partial charge in [-0.25, -0.2) is 19.3 Å². The third-order valence-electron chi connectivity index (χ3n) is 5.98. The third-order valence-corrected chi connectivity index (χ3v) is 5.98. The maximum Gasteiger partial charge on any atom is 0.416 e. The number of nitrogens with zero attached hydrogens (tertiary/aromatic N) is 4. The fourth-order valence-electron chi connectivity index (χ4n) is 4.33. The zero-order valence-electron chi connectivity index (χ0n) is 21.4. The van der Waals surface area contributed by atoms with E-state index in [9.17, 15) is 33.1 Å². The van der Waals surface area contributed by atoms with Crippen molar-refractivity contribution < 1.29 is 27.8 Å². The van der Waals surface area contributed by atoms with Crippen LogP contribution in [0.1, 0.15) is 56.0 Å². The van der Waals surface area contributed by atoms with Crippen molar-refractivity contribution in [2.45, 2.75) is 45.5 Å². The lowest BCUT2D eigenvalue weighted by atomic mass is 9.90. The number of anilines is 2. The molecule has 0 aliphatic carbocycles. The SMILES string of the molecule is CC1=C(C(=O)O)[C@@H](c2ccc(C#N)cc2C=COC(C)(C)C)n2c(n[nH]c2=O)N1c1cccc(C(F)(F)F)c1. The van der Waals surface area contributed by atoms with Gasteiger partial charge >= 0.3 is 17.8 Å². The van der Waals surface area contributed by atoms with Crippen molar-refractivity contribution in [1.82, 2.24) is 14.8 Å². The van der Waals surface area contributed by atoms with E-state index in [1.54, 1.807) is 6.08 Å². The van der Waals surface area contributed by atoms with Gasteiger partial charge in [0.25, 0.3) is 0 Å². The van der Waals surface area contributed by atoms with Crippen molar-refractivity contribution in [1.29, 1.82) is 5.26 Å². The molecule has 0 saturated carbocycles. The Hall–Kier alpha value is -4.79. The molecule has 4 rings (SSSR count). The number of allylic oxidation sites excluding steroid dienone is 1. The van der Waals surface area contributed by atoms with E-state index in [-0.39, 0.29) is 28.5 Å². The summed E-state index contributed by atoms with van der Waals surface area (Å²) in [5.74, 6) is -1.49. The van der Waals surface area contributed by atoms with E-state index >= 15 is 0 Å². The Labute approximate surface area is 221 Å². The van der Waals surface area contributed by atoms with Gasteiger partial charge in [-0.1, -0.05) is 12.1 Å². The monoisotopic (exact) mass is 539 g/mol. The third kappa shape index (κ3) is 5.29. The number of aromatic nitrogens is 3. The van der Waals surface area contributed by atoms with Gasteiger partial charge in [-0.3, -0.25) is 4.90 Å². The summed E-state index contributed by atoms with van der Waals surface area (Å²) in [7, 11) is 0. The maximum absolute atomic E-state index is 13.5. The molecule has 2 heterocycles. The predicted octanol–water partition coefficient (Wildman–Crippen LogP) is 5.35. The van der Waals surface area contributed by atoms with Crippen LogP contribution in [0, 0.1) is 11.3 Å². The summed E-state index contributed by atoms with van der Waals surface area (Å²) < 4.78 is 47.1. The Morgan fingerprint density at radius 1 is 1.21 bits per heavy atom. The summed E-state index contributed by atoms with van der Waals surface area (Å²) in [5, 5.41) is 26.1. The minimum absolute atomic E-state index is 0.0294. The first-order chi connectivity index (χ1) is 18.2. The molecule has 2 N–H and O–H groups in total. The molecule has 3 aromatic rings. The van der Waals surface area contributed by atoms with E-state index in [1.807, 2.05) is 26.8 Å². The van der Waals surface area contributed by atoms with Gasteiger partial charge in [0.05, 0.1) is 34.6 Å². The van der Waals surface area contributed by atoms with Gasteiger partial charge in [0.15, 0.2) is 0 Å². The molecule has 202 valence electrons. The lowest BCUT2D eigenvalue weighted by Crippen LogP contribution is -2.37. The quantitative estimate of drug-likeness (QED) is 0.419. The number of H-pyrrole nitrogens is 1. The second-order valence-corrected chi connectivity index (χ2v) is 9.78. The number of aromatic amines is 1. The minimum Gasteiger partial charge on any atom is -0.496 e. The van der Waals surface area contributed by atoms with Crippen LogP contribution in [-0.2, 0) is 15.7 Å². The number of aliphatic carboxylic acids is 1. The first-order valence-electron chi connectivity index (χ1n) is 11.7. The first-order valence-corrected chi connectivity index (χ1v) is 11.7. The van der Waals surface area contributed by atoms with E-state index in [4.69, 9.17) is 4.74 Å². The Morgan fingerprint density at radius 3 is 2.54 bits per heavy atom. The standard InChI is InChI=1S/C27H24F3N5O4/c1-15-21(23(36)37)22(20-9-8-16(14-31)12-17(20)10-11-39-26(2,3)4)35-24(32-33-25(35)38)34(15)19-7-5-6-18(13-19)27(28,29)30/h5-13,22H,1-4H3,(H,33,38)(H,36,37)/t22-/m1/s1. The molecule has 0 spiro atoms. The summed E-state index contributed by atoms with van der Waals surface area (Å²) in [4.78, 5) is 26.9. The fraction of sp³-hybridized carbons (Fsp3) is 0.259. The van der Waals surface area contributed by atoms with Crippen LogP contribution < -0.4 is 10.6 Å². The molecular weight excluding hydrogens is 515 g/mol. The summed E-state index contributed by atoms with van der Waals surface area (Å²) in [6, 6.07) is 9.62. The smallest absolute Gasteiger partial charge is 0.416 e. The molecule has 0 saturated heterocycles. The molecule has 0 amide bonds. The zero-order chi connectivity index (χ0) is 28.7. The Morgan fingerprint density at radius 2 is 1.92 bits per heavy atom. The van der Waals surface area contributed by atoms with E-state index in [2.05, 4.69) is 10.2 Å². The van der Waals surface area contributed by atoms with Gasteiger partial charge in [-0.15, -0.1) is 5.10 Å². The Bertz CT molecular complexity index is 1600. The van der Waals surface area contributed by atoms with Crippen molar-refractivity contribution in [2.75, 3.05) is 4.90 Å². The lowest BCUT2D eigenvalue weighted by Gasteiger charge is -2.35. The molecule has 0 radical (unpaired) electrons. The minimum atomic E-state index is -4.65. The van der Waals surface area contributed by atoms with Gasteiger partial charge in [-0.2, -0.15) is 18.4 Å². The van der Waals surface area contributed by atoms with E-state index in [0.717, 1.165) is 16.7 Å². The molecule has 12 heteroatoms. The van der Waals surface area contributed by atoms with Crippen LogP contribution in [0.15, 0.2) is 64.8 Å². The van der Waals surface area contributed by atoms with E-state index in [0.29, 0.717) is 11.1 Å². The number of ether oxygens (including phenoxy) is 1. The van der Waals surface area contributed by atoms with Gasteiger partial charge < -0.3 is 9.84 Å². The lowest BCUT2D eigenvalue weighted by molar-refractivity contribution is -0.137. The molecule has 0 bridgehead atoms. The second kappa shape index (κ2) is 9.83. The highest BCUT2D eigenvalue weighted by atomic mass is 19.4. The molecule has 1 aliphatic rings. The number of carbonyl (C=O) groups is 1. The van der Waals surface area contributed by atoms with Crippen molar-refractivity contribution in [3.05, 3.63) is 92.7 Å². The number of nitrogens with one attached hydrogen (secondary N) is 1. The highest BCUT2D eigenvalue weighted by Crippen LogP contribution is 2.43. The fourth-order valence-corrected chi connectivity index (χ4v) is 4.33. The van der Waals surface area contributed by atoms with Gasteiger partial charge in [0.2, 0.25) is 5.95 Å². The summed E-state index contributed by atoms with van der Waals surface area (Å²) in [6.45, 7) is 6.93. The number of carboxylic acids is 1. The Balaban J connectivity index is 1.98. The largest absolute Gasteiger partial charge is 0.496 e. The van der Waals surface area contributed by atoms with Crippen molar-refractivity contribution in [2.24, 2.45) is 0 Å². The number of halogens is 3. The average molecular weight is 540 g/mol. The molecule has 1 aliphatic heterocycles. The average Bonchev–Trinajstić information content (AvgIpc) is 3.22. The van der Waals surface area contributed by atoms with Crippen LogP contribution in [0.2, 0.25) is 0 Å². The predicted molar refractivity (Wildman–Crippen MR) is 136 cm³/mol. The number of rotatable bonds is 5. The summed E-state index contributed by atoms with van der Waals surface area (Å²) in [5.41, 5.74) is -1.46. The molecule has 0 fully saturated rings. The van der Waals surface area contributed by atoms with Crippen LogP contribution in [0.3, 0.4) is 0 Å². The van der Waals surface area contributed by atoms with Crippen molar-refractivity contribution >= 4 is 23.7 Å². The summed E-state index contributed by atoms with van der Waals surface area (Å²) in [6.07, 6.45) is -1.68. The van der Waals surface area contributed by atoms with Crippen LogP contribution in [0.5, 0.6) is 0 Å². The van der Waals surface area contributed by atoms with Gasteiger partial charge in [-0.05, 0) is 75.2 Å². The topological polar surface area (TPSA) is 124 Å². The summed E-state index contributed by atoms with van der Waals surface area (Å²) >= 11 is 0. The molecule has 2 aromatic carbocycles. The van der Waals surface area contributed by atoms with Crippen LogP contribution in [-0.4, -0.2) is 31.4 Å². The zero-order valence-corrected chi connectivity index (χ0v) is 21.4. The molecule has 0 unspecified atom stereocenters. The van der Waals surface area contributed by atoms with Crippen LogP contribution >= 0.6 is 0 Å². The second-order valence-electron chi connectivity index (χ2n) is 9.78. The Kier molecular flexibility index (Phi) is 6.87. The number of carboxylic acid groups (broad SMARTS) is 1. The number of hydrogen-bond acceptors (Lipinski definition) is 6. The van der Waals surface area contributed by atoms with Gasteiger partial charge in [0, 0.05) is 11.4 Å². The molecule has 39 heavy (non-hydrogen) atoms. The molecule has 9 nitrogen and oxygen atoms in total. The van der Waals surface area contributed by atoms with Crippen molar-refractivity contribution in [3.8, 4) is 6.07 Å². The van der Waals surface area contributed by atoms with Crippen LogP contribution in [0.4, 0.5) is 24.8 Å². The van der Waals surface area contributed by atoms with Gasteiger partial charge in [0.1, 0.15) is 6.04 Å². The van der Waals surface area contributed by atoms with E-state index < -0.39 is 35.0 Å². The molecule has 1 atom stereocenters. The van der Waals surface area contributed by atoms with E-state index in [1.165, 1.54) is 48.4 Å². The maximum atomic E-state index is 13.5. The number of benzene rings is 2. The molecular formula is C27H24F3N5O4. The van der Waals surface area contributed by atoms with Crippen molar-refractivity contribution in [3.63, 3.8) is 0 Å².